The first-order chi connectivity index (χ1) is 6.29. The van der Waals surface area contributed by atoms with Gasteiger partial charge in [0.05, 0.1) is 0 Å². The Morgan fingerprint density at radius 3 is 2.36 bits per heavy atom. The van der Waals surface area contributed by atoms with E-state index < -0.39 is 0 Å². The molecule has 0 aromatic carbocycles. The Hall–Kier alpha value is 0.250. The van der Waals surface area contributed by atoms with Crippen LogP contribution in [-0.4, -0.2) is 13.1 Å². The highest BCUT2D eigenvalue weighted by Gasteiger charge is 2.12. The number of halogens is 1. The Morgan fingerprint density at radius 2 is 1.79 bits per heavy atom. The van der Waals surface area contributed by atoms with Crippen molar-refractivity contribution in [3.8, 4) is 0 Å². The molecular formula is C12H26ClN. The fraction of sp³-hybridized carbons (Fsp3) is 1.00. The van der Waals surface area contributed by atoms with E-state index in [1.807, 2.05) is 0 Å². The van der Waals surface area contributed by atoms with Crippen LogP contribution in [-0.2, 0) is 0 Å². The summed E-state index contributed by atoms with van der Waals surface area (Å²) in [6.45, 7) is 7.07. The van der Waals surface area contributed by atoms with Crippen molar-refractivity contribution >= 4 is 12.4 Å². The Balaban J connectivity index is 0.00000169. The summed E-state index contributed by atoms with van der Waals surface area (Å²) < 4.78 is 0. The molecule has 0 spiro atoms. The highest BCUT2D eigenvalue weighted by atomic mass is 35.5. The Bertz CT molecular complexity index is 119. The molecule has 86 valence electrons. The molecule has 1 saturated carbocycles. The lowest BCUT2D eigenvalue weighted by Crippen LogP contribution is -2.25. The predicted molar refractivity (Wildman–Crippen MR) is 66.1 cm³/mol. The van der Waals surface area contributed by atoms with E-state index in [1.54, 1.807) is 0 Å². The second-order valence-electron chi connectivity index (χ2n) is 4.89. The molecule has 0 aliphatic heterocycles. The van der Waals surface area contributed by atoms with Crippen molar-refractivity contribution in [3.05, 3.63) is 0 Å². The van der Waals surface area contributed by atoms with Crippen molar-refractivity contribution in [1.29, 1.82) is 0 Å². The summed E-state index contributed by atoms with van der Waals surface area (Å²) in [6.07, 6.45) is 8.67. The lowest BCUT2D eigenvalue weighted by atomic mass is 9.89. The summed E-state index contributed by atoms with van der Waals surface area (Å²) in [4.78, 5) is 0. The van der Waals surface area contributed by atoms with Crippen LogP contribution < -0.4 is 5.32 Å². The number of hydrogen-bond donors (Lipinski definition) is 1. The van der Waals surface area contributed by atoms with Gasteiger partial charge in [0, 0.05) is 0 Å². The van der Waals surface area contributed by atoms with Crippen LogP contribution in [0.25, 0.3) is 0 Å². The van der Waals surface area contributed by atoms with Crippen LogP contribution in [0.2, 0.25) is 0 Å². The lowest BCUT2D eigenvalue weighted by molar-refractivity contribution is 0.339. The van der Waals surface area contributed by atoms with Gasteiger partial charge in [-0.15, -0.1) is 12.4 Å². The molecule has 1 aliphatic carbocycles. The first-order valence-corrected chi connectivity index (χ1v) is 5.99. The van der Waals surface area contributed by atoms with Gasteiger partial charge in [-0.25, -0.2) is 0 Å². The molecule has 0 amide bonds. The quantitative estimate of drug-likeness (QED) is 0.697. The zero-order valence-corrected chi connectivity index (χ0v) is 10.5. The lowest BCUT2D eigenvalue weighted by Gasteiger charge is -2.21. The van der Waals surface area contributed by atoms with Crippen LogP contribution >= 0.6 is 12.4 Å². The summed E-state index contributed by atoms with van der Waals surface area (Å²) >= 11 is 0. The van der Waals surface area contributed by atoms with E-state index >= 15 is 0 Å². The summed E-state index contributed by atoms with van der Waals surface area (Å²) in [5, 5.41) is 3.59. The molecule has 0 saturated heterocycles. The number of hydrogen-bond acceptors (Lipinski definition) is 1. The van der Waals surface area contributed by atoms with Gasteiger partial charge in [0.25, 0.3) is 0 Å². The Morgan fingerprint density at radius 1 is 1.14 bits per heavy atom. The molecule has 0 atom stereocenters. The Labute approximate surface area is 95.5 Å². The SMILES string of the molecule is CC(C)CCNCC1CCCCC1.Cl. The van der Waals surface area contributed by atoms with Crippen molar-refractivity contribution in [2.75, 3.05) is 13.1 Å². The molecule has 1 N–H and O–H groups in total. The van der Waals surface area contributed by atoms with Crippen LogP contribution in [0.15, 0.2) is 0 Å². The minimum absolute atomic E-state index is 0. The standard InChI is InChI=1S/C12H25N.ClH/c1-11(2)8-9-13-10-12-6-4-3-5-7-12;/h11-13H,3-10H2,1-2H3;1H. The summed E-state index contributed by atoms with van der Waals surface area (Å²) in [5.41, 5.74) is 0. The van der Waals surface area contributed by atoms with E-state index in [-0.39, 0.29) is 12.4 Å². The van der Waals surface area contributed by atoms with Crippen molar-refractivity contribution in [1.82, 2.24) is 5.32 Å². The van der Waals surface area contributed by atoms with Gasteiger partial charge >= 0.3 is 0 Å². The van der Waals surface area contributed by atoms with Gasteiger partial charge in [0.2, 0.25) is 0 Å². The molecule has 1 aliphatic rings. The highest BCUT2D eigenvalue weighted by molar-refractivity contribution is 5.85. The molecule has 0 unspecified atom stereocenters. The van der Waals surface area contributed by atoms with Gasteiger partial charge in [0.15, 0.2) is 0 Å². The average Bonchev–Trinajstić information content (AvgIpc) is 2.14. The van der Waals surface area contributed by atoms with Gasteiger partial charge in [-0.2, -0.15) is 0 Å². The smallest absolute Gasteiger partial charge is 0.00205 e. The molecule has 14 heavy (non-hydrogen) atoms. The normalized spacial score (nSPS) is 18.2. The molecule has 1 nitrogen and oxygen atoms in total. The number of rotatable bonds is 5. The third-order valence-corrected chi connectivity index (χ3v) is 3.06. The van der Waals surface area contributed by atoms with Crippen LogP contribution in [0.3, 0.4) is 0 Å². The van der Waals surface area contributed by atoms with Gasteiger partial charge in [-0.1, -0.05) is 33.1 Å². The molecule has 0 radical (unpaired) electrons. The first-order valence-electron chi connectivity index (χ1n) is 5.99. The molecule has 0 heterocycles. The maximum atomic E-state index is 3.59. The van der Waals surface area contributed by atoms with Crippen LogP contribution in [0.4, 0.5) is 0 Å². The third kappa shape index (κ3) is 6.67. The zero-order chi connectivity index (χ0) is 9.52. The second kappa shape index (κ2) is 8.55. The minimum atomic E-state index is 0. The maximum absolute atomic E-state index is 3.59. The summed E-state index contributed by atoms with van der Waals surface area (Å²) in [6, 6.07) is 0. The van der Waals surface area contributed by atoms with E-state index in [4.69, 9.17) is 0 Å². The van der Waals surface area contributed by atoms with E-state index in [0.29, 0.717) is 0 Å². The molecule has 1 rings (SSSR count). The monoisotopic (exact) mass is 219 g/mol. The fourth-order valence-electron chi connectivity index (χ4n) is 2.09. The molecular weight excluding hydrogens is 194 g/mol. The summed E-state index contributed by atoms with van der Waals surface area (Å²) in [5.74, 6) is 1.83. The van der Waals surface area contributed by atoms with Crippen molar-refractivity contribution in [2.45, 2.75) is 52.4 Å². The van der Waals surface area contributed by atoms with Crippen LogP contribution in [0, 0.1) is 11.8 Å². The van der Waals surface area contributed by atoms with Crippen LogP contribution in [0.1, 0.15) is 52.4 Å². The largest absolute Gasteiger partial charge is 0.316 e. The topological polar surface area (TPSA) is 12.0 Å². The second-order valence-corrected chi connectivity index (χ2v) is 4.89. The molecule has 0 aromatic heterocycles. The fourth-order valence-corrected chi connectivity index (χ4v) is 2.09. The van der Waals surface area contributed by atoms with Crippen molar-refractivity contribution < 1.29 is 0 Å². The van der Waals surface area contributed by atoms with E-state index in [1.165, 1.54) is 51.6 Å². The van der Waals surface area contributed by atoms with Gasteiger partial charge in [-0.05, 0) is 44.2 Å². The molecule has 2 heteroatoms. The van der Waals surface area contributed by atoms with Gasteiger partial charge in [-0.3, -0.25) is 0 Å². The van der Waals surface area contributed by atoms with Crippen LogP contribution in [0.5, 0.6) is 0 Å². The van der Waals surface area contributed by atoms with Gasteiger partial charge < -0.3 is 5.32 Å². The first kappa shape index (κ1) is 14.2. The summed E-state index contributed by atoms with van der Waals surface area (Å²) in [7, 11) is 0. The molecule has 0 bridgehead atoms. The molecule has 0 aromatic rings. The van der Waals surface area contributed by atoms with Crippen molar-refractivity contribution in [3.63, 3.8) is 0 Å². The van der Waals surface area contributed by atoms with E-state index in [9.17, 15) is 0 Å². The predicted octanol–water partition coefficient (Wildman–Crippen LogP) is 3.62. The third-order valence-electron chi connectivity index (χ3n) is 3.06. The number of nitrogens with one attached hydrogen (secondary N) is 1. The van der Waals surface area contributed by atoms with E-state index in [0.717, 1.165) is 11.8 Å². The highest BCUT2D eigenvalue weighted by Crippen LogP contribution is 2.22. The van der Waals surface area contributed by atoms with Gasteiger partial charge in [0.1, 0.15) is 0 Å². The zero-order valence-electron chi connectivity index (χ0n) is 9.72. The average molecular weight is 220 g/mol. The Kier molecular flexibility index (Phi) is 8.70. The van der Waals surface area contributed by atoms with Crippen molar-refractivity contribution in [2.24, 2.45) is 11.8 Å². The molecule has 1 fully saturated rings. The van der Waals surface area contributed by atoms with E-state index in [2.05, 4.69) is 19.2 Å². The maximum Gasteiger partial charge on any atom is -0.00205 e. The minimum Gasteiger partial charge on any atom is -0.316 e.